The van der Waals surface area contributed by atoms with E-state index in [0.29, 0.717) is 12.4 Å². The highest BCUT2D eigenvalue weighted by atomic mass is 79.9. The van der Waals surface area contributed by atoms with E-state index in [9.17, 15) is 4.79 Å². The van der Waals surface area contributed by atoms with Gasteiger partial charge in [0.2, 0.25) is 5.91 Å². The van der Waals surface area contributed by atoms with Crippen molar-refractivity contribution in [2.24, 2.45) is 23.7 Å². The minimum absolute atomic E-state index is 0.0351. The van der Waals surface area contributed by atoms with Crippen molar-refractivity contribution in [3.63, 3.8) is 0 Å². The van der Waals surface area contributed by atoms with Gasteiger partial charge in [-0.2, -0.15) is 0 Å². The van der Waals surface area contributed by atoms with Crippen LogP contribution in [0.4, 0.5) is 5.82 Å². The van der Waals surface area contributed by atoms with Crippen molar-refractivity contribution in [3.8, 4) is 0 Å². The first-order valence-electron chi connectivity index (χ1n) is 10.5. The molecule has 1 N–H and O–H groups in total. The Morgan fingerprint density at radius 1 is 1.04 bits per heavy atom. The third-order valence-electron chi connectivity index (χ3n) is 7.37. The Labute approximate surface area is 170 Å². The summed E-state index contributed by atoms with van der Waals surface area (Å²) in [5.74, 6) is 4.66. The fourth-order valence-corrected chi connectivity index (χ4v) is 6.78. The molecule has 1 amide bonds. The molecule has 0 radical (unpaired) electrons. The number of rotatable bonds is 4. The molecule has 5 nitrogen and oxygen atoms in total. The Morgan fingerprint density at radius 2 is 1.70 bits per heavy atom. The van der Waals surface area contributed by atoms with Gasteiger partial charge in [-0.25, -0.2) is 4.98 Å². The van der Waals surface area contributed by atoms with Crippen LogP contribution >= 0.6 is 15.9 Å². The summed E-state index contributed by atoms with van der Waals surface area (Å²) in [6, 6.07) is 4.55. The van der Waals surface area contributed by atoms with Gasteiger partial charge in [0.25, 0.3) is 0 Å². The Kier molecular flexibility index (Phi) is 4.99. The molecule has 146 valence electrons. The summed E-state index contributed by atoms with van der Waals surface area (Å²) in [6.07, 6.45) is 9.18. The van der Waals surface area contributed by atoms with Crippen molar-refractivity contribution >= 4 is 27.7 Å². The molecule has 5 aliphatic rings. The maximum absolute atomic E-state index is 12.3. The average molecular weight is 433 g/mol. The highest BCUT2D eigenvalue weighted by Gasteiger charge is 2.50. The lowest BCUT2D eigenvalue weighted by Crippen LogP contribution is -2.60. The van der Waals surface area contributed by atoms with Gasteiger partial charge in [-0.1, -0.05) is 0 Å². The maximum Gasteiger partial charge on any atom is 0.239 e. The summed E-state index contributed by atoms with van der Waals surface area (Å²) >= 11 is 3.36. The lowest BCUT2D eigenvalue weighted by atomic mass is 9.54. The average Bonchev–Trinajstić information content (AvgIpc) is 2.64. The van der Waals surface area contributed by atoms with Gasteiger partial charge >= 0.3 is 0 Å². The van der Waals surface area contributed by atoms with Gasteiger partial charge in [0.1, 0.15) is 5.82 Å². The fourth-order valence-electron chi connectivity index (χ4n) is 6.55. The van der Waals surface area contributed by atoms with Gasteiger partial charge in [-0.3, -0.25) is 14.6 Å². The van der Waals surface area contributed by atoms with E-state index in [1.54, 1.807) is 6.20 Å². The van der Waals surface area contributed by atoms with Crippen LogP contribution in [0.5, 0.6) is 0 Å². The number of piperazine rings is 1. The molecule has 5 fully saturated rings. The van der Waals surface area contributed by atoms with Crippen molar-refractivity contribution in [2.45, 2.75) is 38.1 Å². The molecule has 6 heteroatoms. The predicted octanol–water partition coefficient (Wildman–Crippen LogP) is 3.22. The first-order valence-corrected chi connectivity index (χ1v) is 11.3. The number of pyridine rings is 1. The van der Waals surface area contributed by atoms with E-state index in [2.05, 4.69) is 36.0 Å². The van der Waals surface area contributed by atoms with E-state index in [0.717, 1.165) is 60.4 Å². The van der Waals surface area contributed by atoms with E-state index in [4.69, 9.17) is 0 Å². The summed E-state index contributed by atoms with van der Waals surface area (Å²) in [5, 5.41) is 2.91. The third-order valence-corrected chi connectivity index (χ3v) is 7.84. The second-order valence-electron chi connectivity index (χ2n) is 9.14. The van der Waals surface area contributed by atoms with Gasteiger partial charge < -0.3 is 5.32 Å². The van der Waals surface area contributed by atoms with Gasteiger partial charge in [-0.15, -0.1) is 0 Å². The third kappa shape index (κ3) is 3.81. The van der Waals surface area contributed by atoms with Gasteiger partial charge in [0.05, 0.1) is 6.54 Å². The molecule has 1 saturated heterocycles. The van der Waals surface area contributed by atoms with E-state index in [1.165, 1.54) is 32.1 Å². The van der Waals surface area contributed by atoms with Gasteiger partial charge in [0.15, 0.2) is 0 Å². The Balaban J connectivity index is 1.12. The molecule has 1 aromatic rings. The zero-order valence-electron chi connectivity index (χ0n) is 15.8. The quantitative estimate of drug-likeness (QED) is 0.793. The number of halogens is 1. The number of carbonyl (C=O) groups excluding carboxylic acids is 1. The summed E-state index contributed by atoms with van der Waals surface area (Å²) in [7, 11) is 0. The van der Waals surface area contributed by atoms with E-state index < -0.39 is 0 Å². The number of nitrogens with zero attached hydrogens (tertiary/aromatic N) is 3. The van der Waals surface area contributed by atoms with E-state index >= 15 is 0 Å². The van der Waals surface area contributed by atoms with Gasteiger partial charge in [0, 0.05) is 42.9 Å². The van der Waals surface area contributed by atoms with Crippen LogP contribution in [-0.4, -0.2) is 59.5 Å². The minimum Gasteiger partial charge on any atom is -0.310 e. The summed E-state index contributed by atoms with van der Waals surface area (Å²) < 4.78 is 0.918. The Bertz CT molecular complexity index is 658. The second-order valence-corrected chi connectivity index (χ2v) is 10.1. The molecule has 0 atom stereocenters. The monoisotopic (exact) mass is 432 g/mol. The predicted molar refractivity (Wildman–Crippen MR) is 109 cm³/mol. The summed E-state index contributed by atoms with van der Waals surface area (Å²) in [4.78, 5) is 21.6. The number of aromatic nitrogens is 1. The Hall–Kier alpha value is -0.980. The molecule has 1 aromatic heterocycles. The Morgan fingerprint density at radius 3 is 2.30 bits per heavy atom. The SMILES string of the molecule is O=C(CN1CCN(C2C3CC4CC(C3)CC2C4)CC1)Nc1ccc(Br)cn1. The molecule has 4 aliphatic carbocycles. The van der Waals surface area contributed by atoms with Crippen LogP contribution in [0, 0.1) is 23.7 Å². The highest BCUT2D eigenvalue weighted by Crippen LogP contribution is 2.55. The maximum atomic E-state index is 12.3. The van der Waals surface area contributed by atoms with Crippen LogP contribution in [0.3, 0.4) is 0 Å². The zero-order valence-corrected chi connectivity index (χ0v) is 17.4. The standard InChI is InChI=1S/C21H29BrN4O/c22-18-1-2-19(23-12-18)24-20(27)13-25-3-5-26(6-4-25)21-16-8-14-7-15(10-16)11-17(21)9-14/h1-2,12,14-17,21H,3-11,13H2,(H,23,24,27). The zero-order chi connectivity index (χ0) is 18.4. The number of hydrogen-bond donors (Lipinski definition) is 1. The first kappa shape index (κ1) is 18.1. The van der Waals surface area contributed by atoms with Crippen molar-refractivity contribution in [3.05, 3.63) is 22.8 Å². The van der Waals surface area contributed by atoms with Crippen molar-refractivity contribution < 1.29 is 4.79 Å². The number of nitrogens with one attached hydrogen (secondary N) is 1. The highest BCUT2D eigenvalue weighted by molar-refractivity contribution is 9.10. The summed E-state index contributed by atoms with van der Waals surface area (Å²) in [6.45, 7) is 4.72. The van der Waals surface area contributed by atoms with Crippen LogP contribution in [0.15, 0.2) is 22.8 Å². The lowest BCUT2D eigenvalue weighted by molar-refractivity contribution is -0.118. The fraction of sp³-hybridized carbons (Fsp3) is 0.714. The van der Waals surface area contributed by atoms with Crippen LogP contribution in [-0.2, 0) is 4.79 Å². The lowest BCUT2D eigenvalue weighted by Gasteiger charge is -2.58. The largest absolute Gasteiger partial charge is 0.310 e. The van der Waals surface area contributed by atoms with Crippen molar-refractivity contribution in [2.75, 3.05) is 38.0 Å². The van der Waals surface area contributed by atoms with Gasteiger partial charge in [-0.05, 0) is 83.8 Å². The smallest absolute Gasteiger partial charge is 0.239 e. The number of anilines is 1. The second kappa shape index (κ2) is 7.45. The normalized spacial score (nSPS) is 36.1. The molecular weight excluding hydrogens is 404 g/mol. The van der Waals surface area contributed by atoms with Crippen LogP contribution in [0.25, 0.3) is 0 Å². The molecule has 4 saturated carbocycles. The molecular formula is C21H29BrN4O. The van der Waals surface area contributed by atoms with Crippen LogP contribution in [0.1, 0.15) is 32.1 Å². The molecule has 0 aromatic carbocycles. The molecule has 4 bridgehead atoms. The van der Waals surface area contributed by atoms with Crippen LogP contribution < -0.4 is 5.32 Å². The molecule has 0 unspecified atom stereocenters. The van der Waals surface area contributed by atoms with Crippen molar-refractivity contribution in [1.29, 1.82) is 0 Å². The molecule has 1 aliphatic heterocycles. The van der Waals surface area contributed by atoms with Crippen LogP contribution in [0.2, 0.25) is 0 Å². The van der Waals surface area contributed by atoms with E-state index in [-0.39, 0.29) is 5.91 Å². The molecule has 0 spiro atoms. The summed E-state index contributed by atoms with van der Waals surface area (Å²) in [5.41, 5.74) is 0. The van der Waals surface area contributed by atoms with Crippen molar-refractivity contribution in [1.82, 2.24) is 14.8 Å². The topological polar surface area (TPSA) is 48.5 Å². The number of amides is 1. The minimum atomic E-state index is 0.0351. The van der Waals surface area contributed by atoms with E-state index in [1.807, 2.05) is 12.1 Å². The number of carbonyl (C=O) groups is 1. The molecule has 2 heterocycles. The number of hydrogen-bond acceptors (Lipinski definition) is 4. The molecule has 27 heavy (non-hydrogen) atoms. The first-order chi connectivity index (χ1) is 13.1. The molecule has 6 rings (SSSR count).